The van der Waals surface area contributed by atoms with Crippen LogP contribution in [0.2, 0.25) is 0 Å². The van der Waals surface area contributed by atoms with E-state index in [0.717, 1.165) is 12.1 Å². The fourth-order valence-electron chi connectivity index (χ4n) is 2.85. The molecule has 1 N–H and O–H groups in total. The summed E-state index contributed by atoms with van der Waals surface area (Å²) in [4.78, 5) is 2.44. The maximum Gasteiger partial charge on any atom is 0.0209 e. The lowest BCUT2D eigenvalue weighted by atomic mass is 10.1. The zero-order valence-electron chi connectivity index (χ0n) is 9.47. The summed E-state index contributed by atoms with van der Waals surface area (Å²) in [5.41, 5.74) is 0. The number of nitrogens with zero attached hydrogens (tertiary/aromatic N) is 1. The molecule has 1 aliphatic heterocycles. The zero-order chi connectivity index (χ0) is 9.80. The highest BCUT2D eigenvalue weighted by atomic mass is 15.2. The average molecular weight is 196 g/mol. The van der Waals surface area contributed by atoms with Gasteiger partial charge in [-0.25, -0.2) is 0 Å². The molecule has 0 amide bonds. The van der Waals surface area contributed by atoms with Crippen molar-refractivity contribution in [1.29, 1.82) is 0 Å². The van der Waals surface area contributed by atoms with Gasteiger partial charge in [-0.3, -0.25) is 0 Å². The minimum atomic E-state index is 0.781. The zero-order valence-corrected chi connectivity index (χ0v) is 9.47. The lowest BCUT2D eigenvalue weighted by molar-refractivity contribution is 0.365. The Hall–Kier alpha value is -0.0800. The molecule has 0 bridgehead atoms. The molecule has 1 saturated carbocycles. The second-order valence-electron chi connectivity index (χ2n) is 5.10. The van der Waals surface area contributed by atoms with Crippen LogP contribution < -0.4 is 5.32 Å². The summed E-state index contributed by atoms with van der Waals surface area (Å²) in [6, 6.07) is 1.61. The van der Waals surface area contributed by atoms with E-state index in [1.54, 1.807) is 0 Å². The number of likely N-dealkylation sites (tertiary alicyclic amines) is 1. The largest absolute Gasteiger partial charge is 0.310 e. The van der Waals surface area contributed by atoms with Crippen molar-refractivity contribution in [3.05, 3.63) is 0 Å². The summed E-state index contributed by atoms with van der Waals surface area (Å²) in [5, 5.41) is 3.85. The Morgan fingerprint density at radius 1 is 0.929 bits per heavy atom. The van der Waals surface area contributed by atoms with E-state index in [-0.39, 0.29) is 0 Å². The predicted octanol–water partition coefficient (Wildman–Crippen LogP) is 2.00. The number of hydrogen-bond acceptors (Lipinski definition) is 2. The summed E-state index contributed by atoms with van der Waals surface area (Å²) in [6.07, 6.45) is 10.00. The third-order valence-electron chi connectivity index (χ3n) is 3.72. The summed E-state index contributed by atoms with van der Waals surface area (Å²) in [7, 11) is 2.23. The minimum absolute atomic E-state index is 0.781. The number of hydrogen-bond donors (Lipinski definition) is 1. The molecule has 2 rings (SSSR count). The van der Waals surface area contributed by atoms with Crippen molar-refractivity contribution in [2.75, 3.05) is 20.1 Å². The highest BCUT2D eigenvalue weighted by Crippen LogP contribution is 2.19. The van der Waals surface area contributed by atoms with Gasteiger partial charge in [0.25, 0.3) is 0 Å². The average Bonchev–Trinajstić information content (AvgIpc) is 2.43. The van der Waals surface area contributed by atoms with Crippen molar-refractivity contribution < 1.29 is 0 Å². The van der Waals surface area contributed by atoms with E-state index in [4.69, 9.17) is 0 Å². The number of likely N-dealkylation sites (N-methyl/N-ethyl adjacent to an activating group) is 1. The molecule has 0 radical (unpaired) electrons. The van der Waals surface area contributed by atoms with Gasteiger partial charge in [0.2, 0.25) is 0 Å². The topological polar surface area (TPSA) is 15.3 Å². The normalized spacial score (nSPS) is 31.9. The molecule has 0 aromatic heterocycles. The van der Waals surface area contributed by atoms with E-state index in [1.807, 2.05) is 0 Å². The molecular formula is C12H24N2. The van der Waals surface area contributed by atoms with E-state index in [1.165, 1.54) is 58.0 Å². The first kappa shape index (κ1) is 10.4. The number of rotatable bonds is 2. The van der Waals surface area contributed by atoms with Crippen LogP contribution in [-0.4, -0.2) is 37.1 Å². The van der Waals surface area contributed by atoms with Crippen molar-refractivity contribution in [1.82, 2.24) is 10.2 Å². The van der Waals surface area contributed by atoms with Crippen molar-refractivity contribution in [3.8, 4) is 0 Å². The van der Waals surface area contributed by atoms with Crippen LogP contribution in [0.5, 0.6) is 0 Å². The molecule has 82 valence electrons. The van der Waals surface area contributed by atoms with Gasteiger partial charge in [0.15, 0.2) is 0 Å². The van der Waals surface area contributed by atoms with Gasteiger partial charge in [-0.2, -0.15) is 0 Å². The molecule has 1 saturated heterocycles. The molecule has 2 heteroatoms. The molecule has 1 aliphatic carbocycles. The number of nitrogens with one attached hydrogen (secondary N) is 1. The summed E-state index contributed by atoms with van der Waals surface area (Å²) >= 11 is 0. The fourth-order valence-corrected chi connectivity index (χ4v) is 2.85. The molecule has 1 heterocycles. The summed E-state index contributed by atoms with van der Waals surface area (Å²) in [6.45, 7) is 2.54. The molecule has 0 aromatic rings. The Morgan fingerprint density at radius 3 is 2.21 bits per heavy atom. The third-order valence-corrected chi connectivity index (χ3v) is 3.72. The smallest absolute Gasteiger partial charge is 0.0209 e. The van der Waals surface area contributed by atoms with E-state index in [2.05, 4.69) is 17.3 Å². The third kappa shape index (κ3) is 2.96. The lowest BCUT2D eigenvalue weighted by Crippen LogP contribution is -2.39. The Balaban J connectivity index is 1.72. The molecular weight excluding hydrogens is 172 g/mol. The summed E-state index contributed by atoms with van der Waals surface area (Å²) < 4.78 is 0. The quantitative estimate of drug-likeness (QED) is 0.680. The minimum Gasteiger partial charge on any atom is -0.310 e. The maximum absolute atomic E-state index is 3.85. The first-order valence-corrected chi connectivity index (χ1v) is 6.29. The maximum atomic E-state index is 3.85. The van der Waals surface area contributed by atoms with Crippen molar-refractivity contribution in [2.45, 2.75) is 57.0 Å². The van der Waals surface area contributed by atoms with E-state index in [0.29, 0.717) is 0 Å². The Labute approximate surface area is 88.1 Å². The molecule has 1 unspecified atom stereocenters. The van der Waals surface area contributed by atoms with Crippen LogP contribution in [-0.2, 0) is 0 Å². The van der Waals surface area contributed by atoms with Crippen molar-refractivity contribution in [2.24, 2.45) is 0 Å². The Kier molecular flexibility index (Phi) is 3.82. The van der Waals surface area contributed by atoms with Gasteiger partial charge in [0.05, 0.1) is 0 Å². The SMILES string of the molecule is CN1CCC(NC2CCCCCC2)C1. The molecule has 0 aromatic carbocycles. The van der Waals surface area contributed by atoms with Crippen LogP contribution in [0.4, 0.5) is 0 Å². The van der Waals surface area contributed by atoms with Crippen LogP contribution in [0.1, 0.15) is 44.9 Å². The monoisotopic (exact) mass is 196 g/mol. The molecule has 14 heavy (non-hydrogen) atoms. The molecule has 1 atom stereocenters. The predicted molar refractivity (Wildman–Crippen MR) is 60.5 cm³/mol. The van der Waals surface area contributed by atoms with Gasteiger partial charge in [-0.05, 0) is 32.9 Å². The van der Waals surface area contributed by atoms with E-state index >= 15 is 0 Å². The lowest BCUT2D eigenvalue weighted by Gasteiger charge is -2.21. The standard InChI is InChI=1S/C12H24N2/c1-14-9-8-12(10-14)13-11-6-4-2-3-5-7-11/h11-13H,2-10H2,1H3. The van der Waals surface area contributed by atoms with Gasteiger partial charge in [0.1, 0.15) is 0 Å². The van der Waals surface area contributed by atoms with Gasteiger partial charge in [-0.15, -0.1) is 0 Å². The first-order chi connectivity index (χ1) is 6.84. The van der Waals surface area contributed by atoms with Crippen molar-refractivity contribution in [3.63, 3.8) is 0 Å². The highest BCUT2D eigenvalue weighted by Gasteiger charge is 2.22. The molecule has 2 aliphatic rings. The fraction of sp³-hybridized carbons (Fsp3) is 1.00. The van der Waals surface area contributed by atoms with E-state index in [9.17, 15) is 0 Å². The highest BCUT2D eigenvalue weighted by molar-refractivity contribution is 4.83. The first-order valence-electron chi connectivity index (χ1n) is 6.29. The van der Waals surface area contributed by atoms with Crippen molar-refractivity contribution >= 4 is 0 Å². The Morgan fingerprint density at radius 2 is 1.64 bits per heavy atom. The molecule has 2 nitrogen and oxygen atoms in total. The van der Waals surface area contributed by atoms with E-state index < -0.39 is 0 Å². The van der Waals surface area contributed by atoms with Gasteiger partial charge < -0.3 is 10.2 Å². The van der Waals surface area contributed by atoms with Crippen LogP contribution in [0.3, 0.4) is 0 Å². The van der Waals surface area contributed by atoms with Gasteiger partial charge in [-0.1, -0.05) is 25.7 Å². The second kappa shape index (κ2) is 5.13. The molecule has 0 spiro atoms. The van der Waals surface area contributed by atoms with Gasteiger partial charge >= 0.3 is 0 Å². The summed E-state index contributed by atoms with van der Waals surface area (Å²) in [5.74, 6) is 0. The molecule has 2 fully saturated rings. The second-order valence-corrected chi connectivity index (χ2v) is 5.10. The van der Waals surface area contributed by atoms with Crippen LogP contribution in [0.15, 0.2) is 0 Å². The van der Waals surface area contributed by atoms with Crippen LogP contribution in [0, 0.1) is 0 Å². The van der Waals surface area contributed by atoms with Gasteiger partial charge in [0, 0.05) is 18.6 Å². The Bertz CT molecular complexity index is 162. The van der Waals surface area contributed by atoms with Crippen LogP contribution in [0.25, 0.3) is 0 Å². The van der Waals surface area contributed by atoms with Crippen LogP contribution >= 0.6 is 0 Å².